The van der Waals surface area contributed by atoms with Crippen LogP contribution in [-0.4, -0.2) is 37.7 Å². The van der Waals surface area contributed by atoms with Crippen LogP contribution >= 0.6 is 0 Å². The van der Waals surface area contributed by atoms with Crippen LogP contribution in [0, 0.1) is 0 Å². The smallest absolute Gasteiger partial charge is 0.329 e. The zero-order chi connectivity index (χ0) is 13.3. The van der Waals surface area contributed by atoms with Crippen LogP contribution in [-0.2, 0) is 4.79 Å². The summed E-state index contributed by atoms with van der Waals surface area (Å²) in [5.74, 6) is -0.566. The molecule has 1 heterocycles. The molecule has 1 saturated carbocycles. The molecule has 1 amide bonds. The average Bonchev–Trinajstić information content (AvgIpc) is 3.06. The maximum atomic E-state index is 11.9. The molecule has 2 rings (SSSR count). The second-order valence-corrected chi connectivity index (χ2v) is 4.76. The van der Waals surface area contributed by atoms with Gasteiger partial charge in [0.2, 0.25) is 5.82 Å². The fourth-order valence-electron chi connectivity index (χ4n) is 1.51. The number of aliphatic carboxylic acids is 1. The van der Waals surface area contributed by atoms with Crippen molar-refractivity contribution in [2.45, 2.75) is 44.6 Å². The van der Waals surface area contributed by atoms with Gasteiger partial charge in [-0.25, -0.2) is 9.78 Å². The second kappa shape index (κ2) is 4.40. The molecule has 7 heteroatoms. The third kappa shape index (κ3) is 2.34. The molecule has 7 nitrogen and oxygen atoms in total. The Balaban J connectivity index is 2.08. The van der Waals surface area contributed by atoms with Crippen molar-refractivity contribution in [2.24, 2.45) is 0 Å². The molecular weight excluding hydrogens is 236 g/mol. The number of carbonyl (C=O) groups is 2. The highest BCUT2D eigenvalue weighted by Gasteiger charge is 2.35. The number of nitrogens with zero attached hydrogens (tertiary/aromatic N) is 2. The Morgan fingerprint density at radius 3 is 2.72 bits per heavy atom. The lowest BCUT2D eigenvalue weighted by Crippen LogP contribution is -2.51. The summed E-state index contributed by atoms with van der Waals surface area (Å²) in [6.45, 7) is 3.16. The Bertz CT molecular complexity index is 480. The zero-order valence-corrected chi connectivity index (χ0v) is 10.4. The Labute approximate surface area is 104 Å². The highest BCUT2D eigenvalue weighted by atomic mass is 16.4. The van der Waals surface area contributed by atoms with Crippen LogP contribution in [0.1, 0.15) is 55.5 Å². The fraction of sp³-hybridized carbons (Fsp3) is 0.636. The third-order valence-electron chi connectivity index (χ3n) is 3.24. The number of amides is 1. The van der Waals surface area contributed by atoms with Crippen LogP contribution in [0.15, 0.2) is 0 Å². The minimum atomic E-state index is -1.29. The van der Waals surface area contributed by atoms with E-state index in [9.17, 15) is 9.59 Å². The molecule has 0 saturated heterocycles. The van der Waals surface area contributed by atoms with Crippen LogP contribution in [0.4, 0.5) is 0 Å². The summed E-state index contributed by atoms with van der Waals surface area (Å²) in [4.78, 5) is 27.0. The minimum Gasteiger partial charge on any atom is -0.480 e. The minimum absolute atomic E-state index is 0.00201. The van der Waals surface area contributed by atoms with E-state index in [0.717, 1.165) is 12.8 Å². The van der Waals surface area contributed by atoms with Crippen molar-refractivity contribution in [1.82, 2.24) is 20.5 Å². The molecule has 0 aliphatic heterocycles. The van der Waals surface area contributed by atoms with Crippen LogP contribution in [0.5, 0.6) is 0 Å². The number of H-pyrrole nitrogens is 1. The van der Waals surface area contributed by atoms with Gasteiger partial charge in [0.1, 0.15) is 11.4 Å². The average molecular weight is 252 g/mol. The van der Waals surface area contributed by atoms with E-state index in [1.165, 1.54) is 6.92 Å². The van der Waals surface area contributed by atoms with Gasteiger partial charge in [0.15, 0.2) is 0 Å². The summed E-state index contributed by atoms with van der Waals surface area (Å²) in [6, 6.07) is 0. The number of aromatic nitrogens is 3. The summed E-state index contributed by atoms with van der Waals surface area (Å²) in [5, 5.41) is 18.0. The molecule has 3 N–H and O–H groups in total. The van der Waals surface area contributed by atoms with Gasteiger partial charge in [0.25, 0.3) is 5.91 Å². The van der Waals surface area contributed by atoms with E-state index in [2.05, 4.69) is 20.5 Å². The van der Waals surface area contributed by atoms with Crippen LogP contribution in [0.3, 0.4) is 0 Å². The molecular formula is C11H16N4O3. The SMILES string of the molecule is CCC(C)(NC(=O)c1n[nH]c(C2CC2)n1)C(=O)O. The summed E-state index contributed by atoms with van der Waals surface area (Å²) in [7, 11) is 0. The number of carboxylic acid groups (broad SMARTS) is 1. The number of nitrogens with one attached hydrogen (secondary N) is 2. The quantitative estimate of drug-likeness (QED) is 0.713. The summed E-state index contributed by atoms with van der Waals surface area (Å²) in [5.41, 5.74) is -1.29. The van der Waals surface area contributed by atoms with Crippen molar-refractivity contribution in [3.63, 3.8) is 0 Å². The van der Waals surface area contributed by atoms with Gasteiger partial charge >= 0.3 is 5.97 Å². The third-order valence-corrected chi connectivity index (χ3v) is 3.24. The lowest BCUT2D eigenvalue weighted by atomic mass is 9.99. The number of carbonyl (C=O) groups excluding carboxylic acids is 1. The Hall–Kier alpha value is -1.92. The first-order valence-electron chi connectivity index (χ1n) is 5.94. The van der Waals surface area contributed by atoms with E-state index in [1.54, 1.807) is 6.92 Å². The molecule has 0 bridgehead atoms. The van der Waals surface area contributed by atoms with E-state index in [-0.39, 0.29) is 12.2 Å². The van der Waals surface area contributed by atoms with Crippen LogP contribution in [0.2, 0.25) is 0 Å². The van der Waals surface area contributed by atoms with E-state index >= 15 is 0 Å². The van der Waals surface area contributed by atoms with Gasteiger partial charge in [0, 0.05) is 5.92 Å². The van der Waals surface area contributed by atoms with Gasteiger partial charge in [-0.1, -0.05) is 6.92 Å². The maximum Gasteiger partial charge on any atom is 0.329 e. The Kier molecular flexibility index (Phi) is 3.06. The van der Waals surface area contributed by atoms with Gasteiger partial charge in [-0.2, -0.15) is 0 Å². The van der Waals surface area contributed by atoms with E-state index in [1.807, 2.05) is 0 Å². The van der Waals surface area contributed by atoms with Crippen LogP contribution in [0.25, 0.3) is 0 Å². The number of aromatic amines is 1. The van der Waals surface area contributed by atoms with Crippen LogP contribution < -0.4 is 5.32 Å². The normalized spacial score (nSPS) is 18.1. The van der Waals surface area contributed by atoms with Crippen molar-refractivity contribution < 1.29 is 14.7 Å². The lowest BCUT2D eigenvalue weighted by Gasteiger charge is -2.23. The van der Waals surface area contributed by atoms with Gasteiger partial charge in [-0.05, 0) is 26.2 Å². The fourth-order valence-corrected chi connectivity index (χ4v) is 1.51. The van der Waals surface area contributed by atoms with Gasteiger partial charge in [-0.3, -0.25) is 9.89 Å². The monoisotopic (exact) mass is 252 g/mol. The van der Waals surface area contributed by atoms with Gasteiger partial charge in [-0.15, -0.1) is 5.10 Å². The van der Waals surface area contributed by atoms with Crippen molar-refractivity contribution in [2.75, 3.05) is 0 Å². The molecule has 1 aliphatic rings. The van der Waals surface area contributed by atoms with E-state index in [0.29, 0.717) is 11.7 Å². The molecule has 1 aliphatic carbocycles. The molecule has 1 unspecified atom stereocenters. The van der Waals surface area contributed by atoms with E-state index in [4.69, 9.17) is 5.11 Å². The molecule has 18 heavy (non-hydrogen) atoms. The second-order valence-electron chi connectivity index (χ2n) is 4.76. The first-order valence-corrected chi connectivity index (χ1v) is 5.94. The van der Waals surface area contributed by atoms with Crippen molar-refractivity contribution >= 4 is 11.9 Å². The molecule has 1 aromatic rings. The highest BCUT2D eigenvalue weighted by Crippen LogP contribution is 2.37. The standard InChI is InChI=1S/C11H16N4O3/c1-3-11(2,10(17)18)13-9(16)8-12-7(14-15-8)6-4-5-6/h6H,3-5H2,1-2H3,(H,13,16)(H,17,18)(H,12,14,15). The highest BCUT2D eigenvalue weighted by molar-refractivity contribution is 5.94. The first kappa shape index (κ1) is 12.5. The molecule has 1 fully saturated rings. The molecule has 1 atom stereocenters. The maximum absolute atomic E-state index is 11.9. The number of hydrogen-bond acceptors (Lipinski definition) is 4. The predicted octanol–water partition coefficient (Wildman–Crippen LogP) is 0.665. The first-order chi connectivity index (χ1) is 8.46. The van der Waals surface area contributed by atoms with Gasteiger partial charge in [0.05, 0.1) is 0 Å². The van der Waals surface area contributed by atoms with Crippen molar-refractivity contribution in [3.05, 3.63) is 11.6 Å². The van der Waals surface area contributed by atoms with Crippen molar-refractivity contribution in [1.29, 1.82) is 0 Å². The topological polar surface area (TPSA) is 108 Å². The van der Waals surface area contributed by atoms with Gasteiger partial charge < -0.3 is 10.4 Å². The van der Waals surface area contributed by atoms with Crippen molar-refractivity contribution in [3.8, 4) is 0 Å². The molecule has 0 aromatic carbocycles. The van der Waals surface area contributed by atoms with E-state index < -0.39 is 17.4 Å². The number of rotatable bonds is 5. The largest absolute Gasteiger partial charge is 0.480 e. The molecule has 0 radical (unpaired) electrons. The Morgan fingerprint density at radius 2 is 2.22 bits per heavy atom. The Morgan fingerprint density at radius 1 is 1.56 bits per heavy atom. The number of carboxylic acids is 1. The summed E-state index contributed by atoms with van der Waals surface area (Å²) >= 11 is 0. The lowest BCUT2D eigenvalue weighted by molar-refractivity contribution is -0.143. The summed E-state index contributed by atoms with van der Waals surface area (Å²) < 4.78 is 0. The molecule has 98 valence electrons. The number of hydrogen-bond donors (Lipinski definition) is 3. The zero-order valence-electron chi connectivity index (χ0n) is 10.4. The predicted molar refractivity (Wildman–Crippen MR) is 62.2 cm³/mol. The molecule has 0 spiro atoms. The summed E-state index contributed by atoms with van der Waals surface area (Å²) in [6.07, 6.45) is 2.39. The molecule has 1 aromatic heterocycles.